The lowest BCUT2D eigenvalue weighted by atomic mass is 9.95. The smallest absolute Gasteiger partial charge is 0.0593 e. The first-order valence-electron chi connectivity index (χ1n) is 7.58. The van der Waals surface area contributed by atoms with Crippen molar-refractivity contribution in [3.05, 3.63) is 21.9 Å². The molecule has 0 saturated carbocycles. The molecule has 0 amide bonds. The van der Waals surface area contributed by atoms with Crippen LogP contribution in [-0.2, 0) is 0 Å². The Morgan fingerprint density at radius 3 is 2.63 bits per heavy atom. The van der Waals surface area contributed by atoms with Crippen LogP contribution in [0, 0.1) is 18.8 Å². The topological polar surface area (TPSA) is 29.3 Å². The van der Waals surface area contributed by atoms with E-state index in [2.05, 4.69) is 44.7 Å². The zero-order chi connectivity index (χ0) is 14.0. The summed E-state index contributed by atoms with van der Waals surface area (Å²) >= 11 is 1.91. The van der Waals surface area contributed by atoms with Crippen LogP contribution in [0.4, 0.5) is 0 Å². The number of thiophene rings is 1. The number of aryl methyl sites for hydroxylation is 1. The number of nitrogens with zero attached hydrogens (tertiary/aromatic N) is 1. The molecule has 2 rings (SSSR count). The molecule has 0 radical (unpaired) electrons. The van der Waals surface area contributed by atoms with Crippen LogP contribution in [0.5, 0.6) is 0 Å². The standard InChI is InChI=1S/C16H28N2S/c1-5-14(17)16(15-7-6-12(4)19-15)18-9-8-13(10-18)11(2)3/h6-7,11,13-14,16H,5,8-10,17H2,1-4H3. The Hall–Kier alpha value is -0.380. The second kappa shape index (κ2) is 6.38. The lowest BCUT2D eigenvalue weighted by Crippen LogP contribution is -2.39. The molecular formula is C16H28N2S. The third-order valence-electron chi connectivity index (χ3n) is 4.52. The van der Waals surface area contributed by atoms with Crippen molar-refractivity contribution in [1.82, 2.24) is 4.90 Å². The van der Waals surface area contributed by atoms with Crippen LogP contribution in [0.25, 0.3) is 0 Å². The summed E-state index contributed by atoms with van der Waals surface area (Å²) in [6.07, 6.45) is 2.37. The molecule has 3 atom stereocenters. The number of nitrogens with two attached hydrogens (primary N) is 1. The van der Waals surface area contributed by atoms with Gasteiger partial charge in [0.2, 0.25) is 0 Å². The Balaban J connectivity index is 2.15. The number of rotatable bonds is 5. The Labute approximate surface area is 122 Å². The summed E-state index contributed by atoms with van der Waals surface area (Å²) in [4.78, 5) is 5.48. The van der Waals surface area contributed by atoms with Crippen molar-refractivity contribution in [2.24, 2.45) is 17.6 Å². The Bertz CT molecular complexity index is 399. The zero-order valence-electron chi connectivity index (χ0n) is 12.7. The highest BCUT2D eigenvalue weighted by molar-refractivity contribution is 7.12. The molecule has 0 aromatic carbocycles. The lowest BCUT2D eigenvalue weighted by Gasteiger charge is -2.32. The van der Waals surface area contributed by atoms with Crippen LogP contribution < -0.4 is 5.73 Å². The van der Waals surface area contributed by atoms with Crippen LogP contribution in [0.1, 0.15) is 49.4 Å². The van der Waals surface area contributed by atoms with Crippen molar-refractivity contribution >= 4 is 11.3 Å². The van der Waals surface area contributed by atoms with Crippen LogP contribution in [0.2, 0.25) is 0 Å². The zero-order valence-corrected chi connectivity index (χ0v) is 13.5. The molecule has 1 saturated heterocycles. The molecule has 0 spiro atoms. The fraction of sp³-hybridized carbons (Fsp3) is 0.750. The van der Waals surface area contributed by atoms with Crippen LogP contribution in [0.3, 0.4) is 0 Å². The molecule has 1 aliphatic heterocycles. The first-order chi connectivity index (χ1) is 9.02. The minimum absolute atomic E-state index is 0.254. The van der Waals surface area contributed by atoms with E-state index < -0.39 is 0 Å². The van der Waals surface area contributed by atoms with Gasteiger partial charge in [0.05, 0.1) is 6.04 Å². The second-order valence-corrected chi connectivity index (χ2v) is 7.57. The highest BCUT2D eigenvalue weighted by Gasteiger charge is 2.33. The SMILES string of the molecule is CCC(N)C(c1ccc(C)s1)N1CCC(C(C)C)C1. The van der Waals surface area contributed by atoms with Gasteiger partial charge in [0.25, 0.3) is 0 Å². The first kappa shape index (κ1) is 15.0. The quantitative estimate of drug-likeness (QED) is 0.888. The van der Waals surface area contributed by atoms with Crippen molar-refractivity contribution < 1.29 is 0 Å². The van der Waals surface area contributed by atoms with E-state index >= 15 is 0 Å². The van der Waals surface area contributed by atoms with Gasteiger partial charge in [0.15, 0.2) is 0 Å². The average Bonchev–Trinajstić information content (AvgIpc) is 2.99. The maximum atomic E-state index is 6.42. The normalized spacial score (nSPS) is 24.0. The highest BCUT2D eigenvalue weighted by atomic mass is 32.1. The van der Waals surface area contributed by atoms with Gasteiger partial charge in [0.1, 0.15) is 0 Å². The molecular weight excluding hydrogens is 252 g/mol. The van der Waals surface area contributed by atoms with Crippen LogP contribution in [-0.4, -0.2) is 24.0 Å². The van der Waals surface area contributed by atoms with Gasteiger partial charge in [-0.15, -0.1) is 11.3 Å². The van der Waals surface area contributed by atoms with Gasteiger partial charge in [-0.25, -0.2) is 0 Å². The van der Waals surface area contributed by atoms with E-state index in [4.69, 9.17) is 5.73 Å². The fourth-order valence-electron chi connectivity index (χ4n) is 3.11. The molecule has 2 nitrogen and oxygen atoms in total. The van der Waals surface area contributed by atoms with Crippen molar-refractivity contribution in [2.45, 2.75) is 52.6 Å². The summed E-state index contributed by atoms with van der Waals surface area (Å²) in [7, 11) is 0. The Kier molecular flexibility index (Phi) is 5.04. The summed E-state index contributed by atoms with van der Waals surface area (Å²) in [5.74, 6) is 1.63. The van der Waals surface area contributed by atoms with Crippen molar-refractivity contribution in [1.29, 1.82) is 0 Å². The molecule has 3 heteroatoms. The Morgan fingerprint density at radius 1 is 1.42 bits per heavy atom. The predicted octanol–water partition coefficient (Wildman–Crippen LogP) is 3.81. The van der Waals surface area contributed by atoms with E-state index in [0.717, 1.165) is 18.3 Å². The van der Waals surface area contributed by atoms with Crippen molar-refractivity contribution in [2.75, 3.05) is 13.1 Å². The molecule has 0 bridgehead atoms. The molecule has 3 unspecified atom stereocenters. The van der Waals surface area contributed by atoms with E-state index in [1.54, 1.807) is 0 Å². The third-order valence-corrected chi connectivity index (χ3v) is 5.59. The molecule has 19 heavy (non-hydrogen) atoms. The molecule has 2 heterocycles. The summed E-state index contributed by atoms with van der Waals surface area (Å²) in [5, 5.41) is 0. The number of hydrogen-bond donors (Lipinski definition) is 1. The molecule has 1 fully saturated rings. The lowest BCUT2D eigenvalue weighted by molar-refractivity contribution is 0.199. The monoisotopic (exact) mass is 280 g/mol. The Morgan fingerprint density at radius 2 is 2.16 bits per heavy atom. The van der Waals surface area contributed by atoms with E-state index in [-0.39, 0.29) is 6.04 Å². The molecule has 108 valence electrons. The first-order valence-corrected chi connectivity index (χ1v) is 8.40. The minimum Gasteiger partial charge on any atom is -0.326 e. The largest absolute Gasteiger partial charge is 0.326 e. The molecule has 1 aromatic heterocycles. The summed E-state index contributed by atoms with van der Waals surface area (Å²) in [6.45, 7) is 11.5. The summed E-state index contributed by atoms with van der Waals surface area (Å²) in [5.41, 5.74) is 6.42. The van der Waals surface area contributed by atoms with Crippen molar-refractivity contribution in [3.63, 3.8) is 0 Å². The van der Waals surface area contributed by atoms with Crippen LogP contribution in [0.15, 0.2) is 12.1 Å². The van der Waals surface area contributed by atoms with E-state index in [0.29, 0.717) is 6.04 Å². The molecule has 2 N–H and O–H groups in total. The fourth-order valence-corrected chi connectivity index (χ4v) is 4.20. The van der Waals surface area contributed by atoms with Gasteiger partial charge in [0, 0.05) is 22.3 Å². The van der Waals surface area contributed by atoms with Gasteiger partial charge in [-0.1, -0.05) is 20.8 Å². The minimum atomic E-state index is 0.254. The third kappa shape index (κ3) is 3.39. The van der Waals surface area contributed by atoms with E-state index in [9.17, 15) is 0 Å². The summed E-state index contributed by atoms with van der Waals surface area (Å²) < 4.78 is 0. The maximum absolute atomic E-state index is 6.42. The number of likely N-dealkylation sites (tertiary alicyclic amines) is 1. The molecule has 0 aliphatic carbocycles. The molecule has 1 aromatic rings. The van der Waals surface area contributed by atoms with Gasteiger partial charge in [-0.3, -0.25) is 4.90 Å². The maximum Gasteiger partial charge on any atom is 0.0593 e. The highest BCUT2D eigenvalue weighted by Crippen LogP contribution is 2.36. The average molecular weight is 280 g/mol. The van der Waals surface area contributed by atoms with Gasteiger partial charge in [-0.2, -0.15) is 0 Å². The van der Waals surface area contributed by atoms with E-state index in [1.165, 1.54) is 29.3 Å². The predicted molar refractivity (Wildman–Crippen MR) is 84.6 cm³/mol. The number of hydrogen-bond acceptors (Lipinski definition) is 3. The van der Waals surface area contributed by atoms with Crippen molar-refractivity contribution in [3.8, 4) is 0 Å². The van der Waals surface area contributed by atoms with Gasteiger partial charge in [-0.05, 0) is 50.3 Å². The second-order valence-electron chi connectivity index (χ2n) is 6.25. The van der Waals surface area contributed by atoms with Gasteiger partial charge >= 0.3 is 0 Å². The van der Waals surface area contributed by atoms with E-state index in [1.807, 2.05) is 11.3 Å². The van der Waals surface area contributed by atoms with Crippen LogP contribution >= 0.6 is 11.3 Å². The van der Waals surface area contributed by atoms with Gasteiger partial charge < -0.3 is 5.73 Å². The summed E-state index contributed by atoms with van der Waals surface area (Å²) in [6, 6.07) is 5.19. The molecule has 1 aliphatic rings.